The van der Waals surface area contributed by atoms with Crippen LogP contribution in [0.1, 0.15) is 31.2 Å². The summed E-state index contributed by atoms with van der Waals surface area (Å²) in [4.78, 5) is 0.247. The van der Waals surface area contributed by atoms with Crippen LogP contribution in [-0.4, -0.2) is 21.6 Å². The van der Waals surface area contributed by atoms with Gasteiger partial charge in [-0.25, -0.2) is 8.42 Å². The SMILES string of the molecule is C=CCCCC=CCOc1ccc2c(c1)CCCN2S(=O)(=O)c1ccc(Cl)cc1. The standard InChI is InChI=1S/C23H26ClNO3S/c1-2-3-4-5-6-7-17-28-21-12-15-23-19(18-21)9-8-16-25(23)29(26,27)22-13-10-20(24)11-14-22/h2,6-7,10-15,18H,1,3-5,8-9,16-17H2. The van der Waals surface area contributed by atoms with Crippen molar-refractivity contribution in [2.75, 3.05) is 17.5 Å². The van der Waals surface area contributed by atoms with Crippen LogP contribution >= 0.6 is 11.6 Å². The first-order chi connectivity index (χ1) is 14.0. The molecule has 0 saturated carbocycles. The van der Waals surface area contributed by atoms with Gasteiger partial charge in [0.1, 0.15) is 12.4 Å². The Balaban J connectivity index is 1.70. The van der Waals surface area contributed by atoms with Crippen molar-refractivity contribution in [3.8, 4) is 5.75 Å². The lowest BCUT2D eigenvalue weighted by Crippen LogP contribution is -2.35. The summed E-state index contributed by atoms with van der Waals surface area (Å²) in [5.41, 5.74) is 1.71. The summed E-state index contributed by atoms with van der Waals surface area (Å²) in [6.45, 7) is 4.68. The van der Waals surface area contributed by atoms with E-state index in [2.05, 4.69) is 12.7 Å². The maximum Gasteiger partial charge on any atom is 0.264 e. The molecular formula is C23H26ClNO3S. The molecule has 1 aliphatic heterocycles. The van der Waals surface area contributed by atoms with Crippen LogP contribution in [0.4, 0.5) is 5.69 Å². The minimum absolute atomic E-state index is 0.247. The third-order valence-electron chi connectivity index (χ3n) is 4.82. The average molecular weight is 432 g/mol. The number of nitrogens with zero attached hydrogens (tertiary/aromatic N) is 1. The lowest BCUT2D eigenvalue weighted by atomic mass is 10.0. The van der Waals surface area contributed by atoms with Crippen LogP contribution in [0, 0.1) is 0 Å². The van der Waals surface area contributed by atoms with Gasteiger partial charge in [-0.3, -0.25) is 4.31 Å². The molecule has 0 radical (unpaired) electrons. The molecule has 0 N–H and O–H groups in total. The molecule has 4 nitrogen and oxygen atoms in total. The van der Waals surface area contributed by atoms with Gasteiger partial charge in [0.05, 0.1) is 10.6 Å². The number of rotatable bonds is 9. The molecule has 0 atom stereocenters. The molecule has 3 rings (SSSR count). The van der Waals surface area contributed by atoms with Crippen molar-refractivity contribution in [3.63, 3.8) is 0 Å². The molecule has 0 aromatic heterocycles. The summed E-state index contributed by atoms with van der Waals surface area (Å²) < 4.78 is 33.5. The van der Waals surface area contributed by atoms with E-state index in [0.717, 1.165) is 49.1 Å². The van der Waals surface area contributed by atoms with Gasteiger partial charge in [0, 0.05) is 11.6 Å². The van der Waals surface area contributed by atoms with Gasteiger partial charge in [0.2, 0.25) is 0 Å². The average Bonchev–Trinajstić information content (AvgIpc) is 2.73. The zero-order valence-electron chi connectivity index (χ0n) is 16.4. The second kappa shape index (κ2) is 9.99. The van der Waals surface area contributed by atoms with Gasteiger partial charge in [-0.2, -0.15) is 0 Å². The Bertz CT molecular complexity index is 968. The number of unbranched alkanes of at least 4 members (excludes halogenated alkanes) is 2. The van der Waals surface area contributed by atoms with E-state index in [-0.39, 0.29) is 4.90 Å². The van der Waals surface area contributed by atoms with Crippen LogP contribution in [0.3, 0.4) is 0 Å². The Labute approximate surface area is 178 Å². The van der Waals surface area contributed by atoms with Gasteiger partial charge in [-0.1, -0.05) is 29.8 Å². The Morgan fingerprint density at radius 1 is 1.10 bits per heavy atom. The fourth-order valence-electron chi connectivity index (χ4n) is 3.32. The number of sulfonamides is 1. The summed E-state index contributed by atoms with van der Waals surface area (Å²) in [5.74, 6) is 0.755. The maximum absolute atomic E-state index is 13.1. The number of halogens is 1. The van der Waals surface area contributed by atoms with Crippen LogP contribution in [0.2, 0.25) is 5.02 Å². The van der Waals surface area contributed by atoms with E-state index < -0.39 is 10.0 Å². The highest BCUT2D eigenvalue weighted by molar-refractivity contribution is 7.92. The van der Waals surface area contributed by atoms with E-state index in [0.29, 0.717) is 18.2 Å². The van der Waals surface area contributed by atoms with Crippen molar-refractivity contribution in [3.05, 3.63) is 77.9 Å². The number of ether oxygens (including phenoxy) is 1. The second-order valence-electron chi connectivity index (χ2n) is 6.93. The highest BCUT2D eigenvalue weighted by Crippen LogP contribution is 2.34. The lowest BCUT2D eigenvalue weighted by Gasteiger charge is -2.30. The summed E-state index contributed by atoms with van der Waals surface area (Å²) in [6.07, 6.45) is 10.8. The van der Waals surface area contributed by atoms with E-state index in [1.54, 1.807) is 24.3 Å². The number of aryl methyl sites for hydroxylation is 1. The van der Waals surface area contributed by atoms with Crippen LogP contribution in [0.15, 0.2) is 72.2 Å². The van der Waals surface area contributed by atoms with E-state index >= 15 is 0 Å². The summed E-state index contributed by atoms with van der Waals surface area (Å²) in [6, 6.07) is 11.9. The molecule has 6 heteroatoms. The Kier molecular flexibility index (Phi) is 7.40. The molecule has 1 aliphatic rings. The van der Waals surface area contributed by atoms with E-state index in [1.165, 1.54) is 4.31 Å². The van der Waals surface area contributed by atoms with Gasteiger partial charge in [0.25, 0.3) is 10.0 Å². The summed E-state index contributed by atoms with van der Waals surface area (Å²) in [5, 5.41) is 0.513. The molecule has 2 aromatic rings. The van der Waals surface area contributed by atoms with E-state index in [9.17, 15) is 8.42 Å². The van der Waals surface area contributed by atoms with Crippen LogP contribution in [0.5, 0.6) is 5.75 Å². The van der Waals surface area contributed by atoms with Crippen molar-refractivity contribution in [2.24, 2.45) is 0 Å². The van der Waals surface area contributed by atoms with Gasteiger partial charge < -0.3 is 4.74 Å². The lowest BCUT2D eigenvalue weighted by molar-refractivity contribution is 0.362. The third kappa shape index (κ3) is 5.43. The monoisotopic (exact) mass is 431 g/mol. The zero-order valence-corrected chi connectivity index (χ0v) is 18.0. The van der Waals surface area contributed by atoms with Crippen molar-refractivity contribution < 1.29 is 13.2 Å². The van der Waals surface area contributed by atoms with Crippen molar-refractivity contribution in [1.29, 1.82) is 0 Å². The molecule has 0 bridgehead atoms. The maximum atomic E-state index is 13.1. The first-order valence-corrected chi connectivity index (χ1v) is 11.6. The topological polar surface area (TPSA) is 46.6 Å². The van der Waals surface area contributed by atoms with Crippen LogP contribution < -0.4 is 9.04 Å². The van der Waals surface area contributed by atoms with Gasteiger partial charge in [-0.15, -0.1) is 6.58 Å². The Morgan fingerprint density at radius 3 is 2.66 bits per heavy atom. The molecule has 0 saturated heterocycles. The predicted molar refractivity (Wildman–Crippen MR) is 119 cm³/mol. The zero-order chi connectivity index (χ0) is 20.7. The van der Waals surface area contributed by atoms with Crippen molar-refractivity contribution in [1.82, 2.24) is 0 Å². The van der Waals surface area contributed by atoms with Crippen LogP contribution in [0.25, 0.3) is 0 Å². The summed E-state index contributed by atoms with van der Waals surface area (Å²) in [7, 11) is -3.62. The molecule has 29 heavy (non-hydrogen) atoms. The number of fused-ring (bicyclic) bond motifs is 1. The molecule has 0 unspecified atom stereocenters. The molecule has 0 spiro atoms. The Hall–Kier alpha value is -2.24. The fraction of sp³-hybridized carbons (Fsp3) is 0.304. The number of hydrogen-bond acceptors (Lipinski definition) is 3. The molecule has 0 fully saturated rings. The molecule has 154 valence electrons. The highest BCUT2D eigenvalue weighted by atomic mass is 35.5. The van der Waals surface area contributed by atoms with E-state index in [4.69, 9.17) is 16.3 Å². The smallest absolute Gasteiger partial charge is 0.264 e. The first-order valence-electron chi connectivity index (χ1n) is 9.82. The quantitative estimate of drug-likeness (QED) is 0.374. The summed E-state index contributed by atoms with van der Waals surface area (Å²) >= 11 is 5.90. The molecular weight excluding hydrogens is 406 g/mol. The van der Waals surface area contributed by atoms with Crippen molar-refractivity contribution in [2.45, 2.75) is 37.0 Å². The molecule has 1 heterocycles. The van der Waals surface area contributed by atoms with Crippen LogP contribution in [-0.2, 0) is 16.4 Å². The normalized spacial score (nSPS) is 14.0. The predicted octanol–water partition coefficient (Wildman–Crippen LogP) is 5.77. The number of allylic oxidation sites excluding steroid dienone is 2. The second-order valence-corrected chi connectivity index (χ2v) is 9.23. The highest BCUT2D eigenvalue weighted by Gasteiger charge is 2.29. The number of anilines is 1. The number of benzene rings is 2. The fourth-order valence-corrected chi connectivity index (χ4v) is 4.99. The van der Waals surface area contributed by atoms with E-state index in [1.807, 2.05) is 30.4 Å². The molecule has 0 aliphatic carbocycles. The van der Waals surface area contributed by atoms with Gasteiger partial charge >= 0.3 is 0 Å². The first kappa shape index (κ1) is 21.5. The third-order valence-corrected chi connectivity index (χ3v) is 6.90. The van der Waals surface area contributed by atoms with Crippen molar-refractivity contribution >= 4 is 27.3 Å². The molecule has 2 aromatic carbocycles. The Morgan fingerprint density at radius 2 is 1.90 bits per heavy atom. The number of hydrogen-bond donors (Lipinski definition) is 0. The minimum atomic E-state index is -3.62. The molecule has 0 amide bonds. The van der Waals surface area contributed by atoms with Gasteiger partial charge in [0.15, 0.2) is 0 Å². The largest absolute Gasteiger partial charge is 0.490 e. The van der Waals surface area contributed by atoms with Gasteiger partial charge in [-0.05, 0) is 80.1 Å². The minimum Gasteiger partial charge on any atom is -0.490 e.